The number of benzene rings is 1. The summed E-state index contributed by atoms with van der Waals surface area (Å²) in [5, 5.41) is 0. The minimum Gasteiger partial charge on any atom is -0.245 e. The summed E-state index contributed by atoms with van der Waals surface area (Å²) in [6, 6.07) is 9.95. The zero-order valence-electron chi connectivity index (χ0n) is 9.56. The van der Waals surface area contributed by atoms with E-state index >= 15 is 0 Å². The molecule has 0 atom stereocenters. The van der Waals surface area contributed by atoms with Crippen LogP contribution in [0.25, 0.3) is 22.4 Å². The molecule has 0 amide bonds. The first-order valence-electron chi connectivity index (χ1n) is 5.56. The molecule has 0 N–H and O–H groups in total. The van der Waals surface area contributed by atoms with Gasteiger partial charge in [-0.3, -0.25) is 0 Å². The third-order valence-corrected chi connectivity index (χ3v) is 2.66. The van der Waals surface area contributed by atoms with E-state index in [-0.39, 0.29) is 0 Å². The quantitative estimate of drug-likeness (QED) is 0.684. The maximum atomic E-state index is 4.28. The Morgan fingerprint density at radius 2 is 1.50 bits per heavy atom. The third-order valence-electron chi connectivity index (χ3n) is 2.66. The molecule has 0 saturated heterocycles. The zero-order valence-corrected chi connectivity index (χ0v) is 9.56. The largest absolute Gasteiger partial charge is 0.245 e. The highest BCUT2D eigenvalue weighted by molar-refractivity contribution is 5.80. The standard InChI is InChI=1S/C14H10N4/c1-2-4-13(14-5-6-15-10-18-14)12(3-1)11-7-16-9-17-8-11/h1-10H. The van der Waals surface area contributed by atoms with E-state index in [2.05, 4.69) is 19.9 Å². The Balaban J connectivity index is 2.18. The topological polar surface area (TPSA) is 51.6 Å². The lowest BCUT2D eigenvalue weighted by atomic mass is 10.00. The van der Waals surface area contributed by atoms with Crippen LogP contribution in [0.4, 0.5) is 0 Å². The van der Waals surface area contributed by atoms with Crippen LogP contribution in [0.1, 0.15) is 0 Å². The van der Waals surface area contributed by atoms with Gasteiger partial charge < -0.3 is 0 Å². The molecule has 4 heteroatoms. The second-order valence-electron chi connectivity index (χ2n) is 3.77. The van der Waals surface area contributed by atoms with Crippen LogP contribution >= 0.6 is 0 Å². The average molecular weight is 234 g/mol. The fourth-order valence-corrected chi connectivity index (χ4v) is 1.85. The Hall–Kier alpha value is -2.62. The van der Waals surface area contributed by atoms with Crippen LogP contribution in [0.2, 0.25) is 0 Å². The molecule has 0 aliphatic carbocycles. The third kappa shape index (κ3) is 1.96. The summed E-state index contributed by atoms with van der Waals surface area (Å²) in [6.45, 7) is 0. The van der Waals surface area contributed by atoms with Crippen LogP contribution < -0.4 is 0 Å². The van der Waals surface area contributed by atoms with E-state index in [9.17, 15) is 0 Å². The van der Waals surface area contributed by atoms with Gasteiger partial charge in [-0.25, -0.2) is 19.9 Å². The van der Waals surface area contributed by atoms with Crippen molar-refractivity contribution in [1.82, 2.24) is 19.9 Å². The minimum atomic E-state index is 0.893. The Bertz CT molecular complexity index is 580. The summed E-state index contributed by atoms with van der Waals surface area (Å²) in [7, 11) is 0. The summed E-state index contributed by atoms with van der Waals surface area (Å²) in [6.07, 6.45) is 8.41. The fourth-order valence-electron chi connectivity index (χ4n) is 1.85. The smallest absolute Gasteiger partial charge is 0.116 e. The molecular formula is C14H10N4. The molecule has 0 radical (unpaired) electrons. The van der Waals surface area contributed by atoms with Crippen molar-refractivity contribution in [2.45, 2.75) is 0 Å². The van der Waals surface area contributed by atoms with E-state index in [1.54, 1.807) is 24.9 Å². The number of rotatable bonds is 2. The van der Waals surface area contributed by atoms with Crippen molar-refractivity contribution in [3.8, 4) is 22.4 Å². The molecule has 0 aliphatic rings. The van der Waals surface area contributed by atoms with Gasteiger partial charge in [0.2, 0.25) is 0 Å². The normalized spacial score (nSPS) is 10.2. The van der Waals surface area contributed by atoms with E-state index < -0.39 is 0 Å². The maximum Gasteiger partial charge on any atom is 0.116 e. The van der Waals surface area contributed by atoms with E-state index in [4.69, 9.17) is 0 Å². The predicted octanol–water partition coefficient (Wildman–Crippen LogP) is 2.60. The second-order valence-corrected chi connectivity index (χ2v) is 3.77. The number of nitrogens with zero attached hydrogens (tertiary/aromatic N) is 4. The Morgan fingerprint density at radius 3 is 2.22 bits per heavy atom. The van der Waals surface area contributed by atoms with Gasteiger partial charge in [0.25, 0.3) is 0 Å². The molecule has 18 heavy (non-hydrogen) atoms. The first kappa shape index (κ1) is 10.5. The van der Waals surface area contributed by atoms with Gasteiger partial charge >= 0.3 is 0 Å². The number of hydrogen-bond donors (Lipinski definition) is 0. The van der Waals surface area contributed by atoms with Crippen molar-refractivity contribution in [3.63, 3.8) is 0 Å². The molecule has 2 heterocycles. The Labute approximate surface area is 104 Å². The lowest BCUT2D eigenvalue weighted by molar-refractivity contribution is 1.16. The van der Waals surface area contributed by atoms with Crippen LogP contribution in [-0.4, -0.2) is 19.9 Å². The van der Waals surface area contributed by atoms with Crippen molar-refractivity contribution >= 4 is 0 Å². The van der Waals surface area contributed by atoms with Crippen LogP contribution in [0, 0.1) is 0 Å². The molecule has 3 aromatic rings. The Kier molecular flexibility index (Phi) is 2.75. The van der Waals surface area contributed by atoms with Gasteiger partial charge in [-0.05, 0) is 11.6 Å². The van der Waals surface area contributed by atoms with Gasteiger partial charge in [0.15, 0.2) is 0 Å². The summed E-state index contributed by atoms with van der Waals surface area (Å²) in [5.74, 6) is 0. The highest BCUT2D eigenvalue weighted by Gasteiger charge is 2.07. The minimum absolute atomic E-state index is 0.893. The highest BCUT2D eigenvalue weighted by Crippen LogP contribution is 2.29. The van der Waals surface area contributed by atoms with E-state index in [1.165, 1.54) is 6.33 Å². The molecule has 0 fully saturated rings. The summed E-state index contributed by atoms with van der Waals surface area (Å²) >= 11 is 0. The van der Waals surface area contributed by atoms with Gasteiger partial charge in [-0.2, -0.15) is 0 Å². The fraction of sp³-hybridized carbons (Fsp3) is 0. The van der Waals surface area contributed by atoms with Crippen molar-refractivity contribution in [2.75, 3.05) is 0 Å². The zero-order chi connectivity index (χ0) is 12.2. The van der Waals surface area contributed by atoms with Gasteiger partial charge in [-0.15, -0.1) is 0 Å². The number of hydrogen-bond acceptors (Lipinski definition) is 4. The summed E-state index contributed by atoms with van der Waals surface area (Å²) < 4.78 is 0. The van der Waals surface area contributed by atoms with Crippen LogP contribution in [0.5, 0.6) is 0 Å². The summed E-state index contributed by atoms with van der Waals surface area (Å²) in [5.41, 5.74) is 3.99. The lowest BCUT2D eigenvalue weighted by Gasteiger charge is -2.07. The molecule has 1 aromatic carbocycles. The van der Waals surface area contributed by atoms with Crippen molar-refractivity contribution in [3.05, 3.63) is 61.6 Å². The van der Waals surface area contributed by atoms with E-state index in [0.717, 1.165) is 22.4 Å². The molecule has 0 aliphatic heterocycles. The Morgan fingerprint density at radius 1 is 0.722 bits per heavy atom. The SMILES string of the molecule is c1ccc(-c2ccncn2)c(-c2cncnc2)c1. The molecule has 2 aromatic heterocycles. The van der Waals surface area contributed by atoms with Gasteiger partial charge in [0, 0.05) is 29.7 Å². The van der Waals surface area contributed by atoms with Crippen LogP contribution in [0.3, 0.4) is 0 Å². The first-order valence-corrected chi connectivity index (χ1v) is 5.56. The van der Waals surface area contributed by atoms with Crippen molar-refractivity contribution in [1.29, 1.82) is 0 Å². The molecule has 86 valence electrons. The number of aromatic nitrogens is 4. The molecule has 0 spiro atoms. The second kappa shape index (κ2) is 4.71. The maximum absolute atomic E-state index is 4.28. The van der Waals surface area contributed by atoms with Gasteiger partial charge in [0.05, 0.1) is 5.69 Å². The molecule has 4 nitrogen and oxygen atoms in total. The monoisotopic (exact) mass is 234 g/mol. The molecule has 0 bridgehead atoms. The predicted molar refractivity (Wildman–Crippen MR) is 68.5 cm³/mol. The van der Waals surface area contributed by atoms with Crippen LogP contribution in [-0.2, 0) is 0 Å². The van der Waals surface area contributed by atoms with Gasteiger partial charge in [-0.1, -0.05) is 24.3 Å². The molecule has 0 unspecified atom stereocenters. The highest BCUT2D eigenvalue weighted by atomic mass is 14.8. The average Bonchev–Trinajstić information content (AvgIpc) is 2.49. The summed E-state index contributed by atoms with van der Waals surface area (Å²) in [4.78, 5) is 16.3. The molecule has 0 saturated carbocycles. The lowest BCUT2D eigenvalue weighted by Crippen LogP contribution is -1.89. The van der Waals surface area contributed by atoms with Crippen molar-refractivity contribution < 1.29 is 0 Å². The van der Waals surface area contributed by atoms with E-state index in [1.807, 2.05) is 30.3 Å². The van der Waals surface area contributed by atoms with Crippen molar-refractivity contribution in [2.24, 2.45) is 0 Å². The first-order chi connectivity index (χ1) is 8.95. The van der Waals surface area contributed by atoms with E-state index in [0.29, 0.717) is 0 Å². The van der Waals surface area contributed by atoms with Gasteiger partial charge in [0.1, 0.15) is 12.7 Å². The molecular weight excluding hydrogens is 224 g/mol. The van der Waals surface area contributed by atoms with Crippen LogP contribution in [0.15, 0.2) is 61.6 Å². The molecule has 3 rings (SSSR count).